The van der Waals surface area contributed by atoms with E-state index in [9.17, 15) is 9.59 Å². The van der Waals surface area contributed by atoms with Crippen LogP contribution >= 0.6 is 27.7 Å². The van der Waals surface area contributed by atoms with Crippen molar-refractivity contribution in [1.29, 1.82) is 0 Å². The highest BCUT2D eigenvalue weighted by Crippen LogP contribution is 2.37. The molecule has 0 aromatic heterocycles. The summed E-state index contributed by atoms with van der Waals surface area (Å²) >= 11 is 4.39. The average molecular weight is 418 g/mol. The summed E-state index contributed by atoms with van der Waals surface area (Å²) in [7, 11) is 0. The molecule has 0 aliphatic carbocycles. The number of rotatable bonds is 3. The third kappa shape index (κ3) is 3.17. The number of amides is 2. The Morgan fingerprint density at radius 1 is 1.12 bits per heavy atom. The molecule has 0 bridgehead atoms. The van der Waals surface area contributed by atoms with E-state index < -0.39 is 0 Å². The van der Waals surface area contributed by atoms with Crippen molar-refractivity contribution in [3.05, 3.63) is 63.0 Å². The maximum absolute atomic E-state index is 12.6. The predicted molar refractivity (Wildman–Crippen MR) is 98.2 cm³/mol. The summed E-state index contributed by atoms with van der Waals surface area (Å²) in [6, 6.07) is 13.0. The lowest BCUT2D eigenvalue weighted by atomic mass is 10.2. The number of hydrogen-bond donors (Lipinski definition) is 0. The van der Waals surface area contributed by atoms with Crippen molar-refractivity contribution in [2.45, 2.75) is 6.54 Å². The Labute approximate surface area is 156 Å². The highest BCUT2D eigenvalue weighted by molar-refractivity contribution is 9.10. The van der Waals surface area contributed by atoms with Gasteiger partial charge in [0.1, 0.15) is 0 Å². The van der Waals surface area contributed by atoms with Crippen molar-refractivity contribution in [1.82, 2.24) is 4.90 Å². The molecule has 0 N–H and O–H groups in total. The minimum absolute atomic E-state index is 0.196. The first-order valence-electron chi connectivity index (χ1n) is 7.50. The number of nitrogens with zero attached hydrogens (tertiary/aromatic N) is 1. The molecule has 0 unspecified atom stereocenters. The second kappa shape index (κ2) is 6.57. The maximum atomic E-state index is 12.6. The molecule has 7 heteroatoms. The molecular formula is C18H12BrNO4S. The van der Waals surface area contributed by atoms with Crippen LogP contribution in [0.25, 0.3) is 6.08 Å². The van der Waals surface area contributed by atoms with Gasteiger partial charge >= 0.3 is 0 Å². The Bertz CT molecular complexity index is 912. The third-order valence-corrected chi connectivity index (χ3v) is 5.54. The van der Waals surface area contributed by atoms with Crippen LogP contribution in [0.1, 0.15) is 11.1 Å². The van der Waals surface area contributed by atoms with Crippen molar-refractivity contribution >= 4 is 44.9 Å². The first-order chi connectivity index (χ1) is 12.1. The van der Waals surface area contributed by atoms with Crippen molar-refractivity contribution in [2.75, 3.05) is 6.79 Å². The van der Waals surface area contributed by atoms with E-state index in [1.807, 2.05) is 30.3 Å². The van der Waals surface area contributed by atoms with Crippen LogP contribution < -0.4 is 9.47 Å². The van der Waals surface area contributed by atoms with Crippen molar-refractivity contribution in [3.63, 3.8) is 0 Å². The lowest BCUT2D eigenvalue weighted by Crippen LogP contribution is -2.27. The molecule has 0 radical (unpaired) electrons. The van der Waals surface area contributed by atoms with Gasteiger partial charge in [0.25, 0.3) is 11.1 Å². The second-order valence-electron chi connectivity index (χ2n) is 5.47. The van der Waals surface area contributed by atoms with Gasteiger partial charge in [-0.3, -0.25) is 14.5 Å². The van der Waals surface area contributed by atoms with E-state index in [0.717, 1.165) is 27.4 Å². The standard InChI is InChI=1S/C18H12BrNO4S/c19-13-4-2-1-3-12(13)9-20-17(21)16(25-18(20)22)8-11-5-6-14-15(7-11)24-10-23-14/h1-8H,9-10H2/b16-8+. The van der Waals surface area contributed by atoms with Crippen LogP contribution in [0.4, 0.5) is 4.79 Å². The molecule has 0 spiro atoms. The van der Waals surface area contributed by atoms with Crippen molar-refractivity contribution in [3.8, 4) is 11.5 Å². The summed E-state index contributed by atoms with van der Waals surface area (Å²) < 4.78 is 11.5. The van der Waals surface area contributed by atoms with Crippen LogP contribution in [0, 0.1) is 0 Å². The van der Waals surface area contributed by atoms with Crippen LogP contribution in [0.3, 0.4) is 0 Å². The number of carbonyl (C=O) groups excluding carboxylic acids is 2. The molecule has 2 aromatic carbocycles. The summed E-state index contributed by atoms with van der Waals surface area (Å²) in [6.45, 7) is 0.436. The fraction of sp³-hybridized carbons (Fsp3) is 0.111. The van der Waals surface area contributed by atoms with Crippen LogP contribution in [-0.2, 0) is 11.3 Å². The SMILES string of the molecule is O=C1S/C(=C/c2ccc3c(c2)OCO3)C(=O)N1Cc1ccccc1Br. The number of fused-ring (bicyclic) bond motifs is 1. The van der Waals surface area contributed by atoms with Gasteiger partial charge in [-0.25, -0.2) is 0 Å². The van der Waals surface area contributed by atoms with E-state index in [4.69, 9.17) is 9.47 Å². The quantitative estimate of drug-likeness (QED) is 0.692. The summed E-state index contributed by atoms with van der Waals surface area (Å²) in [5.41, 5.74) is 1.67. The van der Waals surface area contributed by atoms with Gasteiger partial charge in [-0.2, -0.15) is 0 Å². The zero-order valence-corrected chi connectivity index (χ0v) is 15.3. The zero-order chi connectivity index (χ0) is 17.4. The minimum atomic E-state index is -0.289. The number of hydrogen-bond acceptors (Lipinski definition) is 5. The van der Waals surface area contributed by atoms with Gasteiger partial charge in [0.15, 0.2) is 11.5 Å². The van der Waals surface area contributed by atoms with E-state index in [2.05, 4.69) is 15.9 Å². The largest absolute Gasteiger partial charge is 0.454 e. The summed E-state index contributed by atoms with van der Waals surface area (Å²) in [4.78, 5) is 26.5. The van der Waals surface area contributed by atoms with Crippen LogP contribution in [-0.4, -0.2) is 22.8 Å². The topological polar surface area (TPSA) is 55.8 Å². The lowest BCUT2D eigenvalue weighted by molar-refractivity contribution is -0.123. The number of benzene rings is 2. The summed E-state index contributed by atoms with van der Waals surface area (Å²) in [6.07, 6.45) is 1.70. The number of carbonyl (C=O) groups is 2. The Hall–Kier alpha value is -2.25. The van der Waals surface area contributed by atoms with Crippen LogP contribution in [0.2, 0.25) is 0 Å². The molecule has 1 fully saturated rings. The molecule has 0 atom stereocenters. The normalized spacial score (nSPS) is 17.6. The van der Waals surface area contributed by atoms with Gasteiger partial charge < -0.3 is 9.47 Å². The molecule has 2 heterocycles. The molecule has 4 rings (SSSR count). The molecule has 2 aromatic rings. The van der Waals surface area contributed by atoms with E-state index >= 15 is 0 Å². The number of thioether (sulfide) groups is 1. The van der Waals surface area contributed by atoms with Gasteiger partial charge in [-0.15, -0.1) is 0 Å². The second-order valence-corrected chi connectivity index (χ2v) is 7.32. The van der Waals surface area contributed by atoms with Crippen LogP contribution in [0.5, 0.6) is 11.5 Å². The Balaban J connectivity index is 1.57. The minimum Gasteiger partial charge on any atom is -0.454 e. The maximum Gasteiger partial charge on any atom is 0.293 e. The predicted octanol–water partition coefficient (Wildman–Crippen LogP) is 4.41. The van der Waals surface area contributed by atoms with Gasteiger partial charge in [-0.1, -0.05) is 40.2 Å². The molecule has 0 saturated carbocycles. The van der Waals surface area contributed by atoms with Crippen molar-refractivity contribution < 1.29 is 19.1 Å². The third-order valence-electron chi connectivity index (χ3n) is 3.85. The monoisotopic (exact) mass is 417 g/mol. The molecule has 1 saturated heterocycles. The summed E-state index contributed by atoms with van der Waals surface area (Å²) in [5.74, 6) is 1.03. The van der Waals surface area contributed by atoms with E-state index in [0.29, 0.717) is 16.4 Å². The molecule has 5 nitrogen and oxygen atoms in total. The van der Waals surface area contributed by atoms with E-state index in [-0.39, 0.29) is 24.5 Å². The molecule has 2 amide bonds. The first kappa shape index (κ1) is 16.2. The zero-order valence-electron chi connectivity index (χ0n) is 12.9. The van der Waals surface area contributed by atoms with Gasteiger partial charge in [0.2, 0.25) is 6.79 Å². The molecule has 25 heavy (non-hydrogen) atoms. The fourth-order valence-corrected chi connectivity index (χ4v) is 3.84. The molecule has 2 aliphatic rings. The Morgan fingerprint density at radius 3 is 2.76 bits per heavy atom. The smallest absolute Gasteiger partial charge is 0.293 e. The summed E-state index contributed by atoms with van der Waals surface area (Å²) in [5, 5.41) is -0.271. The van der Waals surface area contributed by atoms with Crippen LogP contribution in [0.15, 0.2) is 51.8 Å². The highest BCUT2D eigenvalue weighted by Gasteiger charge is 2.35. The number of ether oxygens (including phenoxy) is 2. The number of halogens is 1. The van der Waals surface area contributed by atoms with E-state index in [1.165, 1.54) is 4.90 Å². The number of imide groups is 1. The highest BCUT2D eigenvalue weighted by atomic mass is 79.9. The molecular weight excluding hydrogens is 406 g/mol. The lowest BCUT2D eigenvalue weighted by Gasteiger charge is -2.13. The molecule has 2 aliphatic heterocycles. The first-order valence-corrected chi connectivity index (χ1v) is 9.11. The molecule has 126 valence electrons. The fourth-order valence-electron chi connectivity index (χ4n) is 2.59. The van der Waals surface area contributed by atoms with Gasteiger partial charge in [-0.05, 0) is 47.2 Å². The Kier molecular flexibility index (Phi) is 4.27. The van der Waals surface area contributed by atoms with E-state index in [1.54, 1.807) is 18.2 Å². The van der Waals surface area contributed by atoms with Crippen molar-refractivity contribution in [2.24, 2.45) is 0 Å². The average Bonchev–Trinajstić information content (AvgIpc) is 3.16. The van der Waals surface area contributed by atoms with Gasteiger partial charge in [0, 0.05) is 4.47 Å². The Morgan fingerprint density at radius 2 is 1.92 bits per heavy atom. The van der Waals surface area contributed by atoms with Gasteiger partial charge in [0.05, 0.1) is 11.4 Å².